The third-order valence-corrected chi connectivity index (χ3v) is 6.56. The van der Waals surface area contributed by atoms with Crippen molar-refractivity contribution in [2.75, 3.05) is 13.1 Å². The molecule has 1 fully saturated rings. The summed E-state index contributed by atoms with van der Waals surface area (Å²) in [5, 5.41) is 9.00. The Bertz CT molecular complexity index is 748. The Kier molecular flexibility index (Phi) is 4.25. The van der Waals surface area contributed by atoms with Gasteiger partial charge in [0.25, 0.3) is 0 Å². The molecule has 1 saturated heterocycles. The highest BCUT2D eigenvalue weighted by atomic mass is 32.2. The van der Waals surface area contributed by atoms with Crippen molar-refractivity contribution in [3.05, 3.63) is 29.3 Å². The van der Waals surface area contributed by atoms with Crippen molar-refractivity contribution in [1.82, 2.24) is 4.31 Å². The van der Waals surface area contributed by atoms with E-state index in [2.05, 4.69) is 0 Å². The van der Waals surface area contributed by atoms with E-state index in [4.69, 9.17) is 5.11 Å². The topological polar surface area (TPSA) is 91.8 Å². The third-order valence-electron chi connectivity index (χ3n) is 4.67. The molecule has 6 nitrogen and oxygen atoms in total. The van der Waals surface area contributed by atoms with Gasteiger partial charge in [0.2, 0.25) is 10.0 Å². The molecule has 0 spiro atoms. The maximum Gasteiger partial charge on any atom is 0.306 e. The number of fused-ring (bicyclic) bond motifs is 1. The first kappa shape index (κ1) is 16.1. The van der Waals surface area contributed by atoms with E-state index in [0.29, 0.717) is 31.2 Å². The quantitative estimate of drug-likeness (QED) is 0.906. The number of Topliss-reactive ketones (excluding diaryl/α,β-unsaturated/α-hetero) is 1. The van der Waals surface area contributed by atoms with E-state index in [1.807, 2.05) is 0 Å². The van der Waals surface area contributed by atoms with Gasteiger partial charge in [-0.1, -0.05) is 0 Å². The fourth-order valence-electron chi connectivity index (χ4n) is 3.28. The fraction of sp³-hybridized carbons (Fsp3) is 0.500. The lowest BCUT2D eigenvalue weighted by Gasteiger charge is -2.29. The monoisotopic (exact) mass is 337 g/mol. The normalized spacial score (nSPS) is 20.3. The maximum atomic E-state index is 12.7. The molecule has 1 aliphatic heterocycles. The molecular weight excluding hydrogens is 318 g/mol. The number of carboxylic acid groups (broad SMARTS) is 1. The number of sulfonamides is 1. The fourth-order valence-corrected chi connectivity index (χ4v) is 4.80. The molecule has 7 heteroatoms. The number of hydrogen-bond donors (Lipinski definition) is 1. The molecule has 1 aromatic carbocycles. The van der Waals surface area contributed by atoms with Crippen LogP contribution in [-0.4, -0.2) is 42.7 Å². The molecule has 2 aliphatic rings. The van der Waals surface area contributed by atoms with Gasteiger partial charge in [-0.15, -0.1) is 0 Å². The van der Waals surface area contributed by atoms with Crippen molar-refractivity contribution in [3.8, 4) is 0 Å². The third kappa shape index (κ3) is 3.03. The van der Waals surface area contributed by atoms with Gasteiger partial charge in [0, 0.05) is 25.1 Å². The predicted molar refractivity (Wildman–Crippen MR) is 82.8 cm³/mol. The van der Waals surface area contributed by atoms with Crippen LogP contribution in [0.4, 0.5) is 0 Å². The summed E-state index contributed by atoms with van der Waals surface area (Å²) in [4.78, 5) is 23.0. The minimum atomic E-state index is -3.63. The first-order chi connectivity index (χ1) is 10.9. The average molecular weight is 337 g/mol. The number of carboxylic acids is 1. The number of benzene rings is 1. The predicted octanol–water partition coefficient (Wildman–Crippen LogP) is 1.69. The van der Waals surface area contributed by atoms with Crippen molar-refractivity contribution < 1.29 is 23.1 Å². The average Bonchev–Trinajstić information content (AvgIpc) is 2.55. The Morgan fingerprint density at radius 1 is 1.17 bits per heavy atom. The van der Waals surface area contributed by atoms with E-state index in [-0.39, 0.29) is 23.8 Å². The molecule has 0 bridgehead atoms. The Morgan fingerprint density at radius 3 is 2.52 bits per heavy atom. The van der Waals surface area contributed by atoms with Crippen LogP contribution < -0.4 is 0 Å². The van der Waals surface area contributed by atoms with Crippen LogP contribution in [0.1, 0.15) is 41.6 Å². The Labute approximate surface area is 135 Å². The van der Waals surface area contributed by atoms with E-state index in [9.17, 15) is 18.0 Å². The SMILES string of the molecule is O=C1CCCc2cc(S(=O)(=O)N3CCC(C(=O)O)CC3)ccc21. The molecule has 1 aliphatic carbocycles. The summed E-state index contributed by atoms with van der Waals surface area (Å²) < 4.78 is 26.8. The van der Waals surface area contributed by atoms with Crippen LogP contribution in [0.25, 0.3) is 0 Å². The van der Waals surface area contributed by atoms with E-state index in [1.165, 1.54) is 10.4 Å². The van der Waals surface area contributed by atoms with Crippen LogP contribution in [0.3, 0.4) is 0 Å². The van der Waals surface area contributed by atoms with Gasteiger partial charge in [-0.05, 0) is 49.4 Å². The summed E-state index contributed by atoms with van der Waals surface area (Å²) in [6, 6.07) is 4.69. The zero-order chi connectivity index (χ0) is 16.6. The van der Waals surface area contributed by atoms with Crippen LogP contribution in [0.2, 0.25) is 0 Å². The lowest BCUT2D eigenvalue weighted by Crippen LogP contribution is -2.40. The molecule has 0 atom stereocenters. The van der Waals surface area contributed by atoms with Gasteiger partial charge in [0.05, 0.1) is 10.8 Å². The number of rotatable bonds is 3. The molecule has 0 unspecified atom stereocenters. The zero-order valence-corrected chi connectivity index (χ0v) is 13.5. The number of carbonyl (C=O) groups excluding carboxylic acids is 1. The largest absolute Gasteiger partial charge is 0.481 e. The highest BCUT2D eigenvalue weighted by molar-refractivity contribution is 7.89. The minimum Gasteiger partial charge on any atom is -0.481 e. The molecular formula is C16H19NO5S. The van der Waals surface area contributed by atoms with Crippen LogP contribution in [0.5, 0.6) is 0 Å². The summed E-state index contributed by atoms with van der Waals surface area (Å²) in [6.45, 7) is 0.435. The van der Waals surface area contributed by atoms with Gasteiger partial charge in [-0.2, -0.15) is 4.31 Å². The van der Waals surface area contributed by atoms with Crippen LogP contribution in [-0.2, 0) is 21.2 Å². The van der Waals surface area contributed by atoms with Crippen LogP contribution >= 0.6 is 0 Å². The Hall–Kier alpha value is -1.73. The Balaban J connectivity index is 1.83. The van der Waals surface area contributed by atoms with Crippen LogP contribution in [0, 0.1) is 5.92 Å². The van der Waals surface area contributed by atoms with Crippen molar-refractivity contribution in [1.29, 1.82) is 0 Å². The van der Waals surface area contributed by atoms with Crippen molar-refractivity contribution in [2.45, 2.75) is 37.0 Å². The number of carbonyl (C=O) groups is 2. The van der Waals surface area contributed by atoms with E-state index in [0.717, 1.165) is 12.0 Å². The summed E-state index contributed by atoms with van der Waals surface area (Å²) in [5.74, 6) is -1.27. The lowest BCUT2D eigenvalue weighted by atomic mass is 9.91. The minimum absolute atomic E-state index is 0.0671. The summed E-state index contributed by atoms with van der Waals surface area (Å²) >= 11 is 0. The first-order valence-electron chi connectivity index (χ1n) is 7.78. The molecule has 1 heterocycles. The van der Waals surface area contributed by atoms with Gasteiger partial charge in [-0.25, -0.2) is 8.42 Å². The van der Waals surface area contributed by atoms with E-state index < -0.39 is 21.9 Å². The maximum absolute atomic E-state index is 12.7. The van der Waals surface area contributed by atoms with Crippen molar-refractivity contribution >= 4 is 21.8 Å². The first-order valence-corrected chi connectivity index (χ1v) is 9.22. The van der Waals surface area contributed by atoms with Crippen LogP contribution in [0.15, 0.2) is 23.1 Å². The molecule has 0 aromatic heterocycles. The highest BCUT2D eigenvalue weighted by Gasteiger charge is 2.32. The van der Waals surface area contributed by atoms with Gasteiger partial charge < -0.3 is 5.11 Å². The van der Waals surface area contributed by atoms with E-state index in [1.54, 1.807) is 12.1 Å². The lowest BCUT2D eigenvalue weighted by molar-refractivity contribution is -0.142. The molecule has 1 aromatic rings. The zero-order valence-electron chi connectivity index (χ0n) is 12.7. The molecule has 0 saturated carbocycles. The summed E-state index contributed by atoms with van der Waals surface area (Å²) in [5.41, 5.74) is 1.42. The number of nitrogens with zero attached hydrogens (tertiary/aromatic N) is 1. The number of ketones is 1. The second-order valence-corrected chi connectivity index (χ2v) is 8.05. The summed E-state index contributed by atoms with van der Waals surface area (Å²) in [7, 11) is -3.63. The Morgan fingerprint density at radius 2 is 1.87 bits per heavy atom. The molecule has 3 rings (SSSR count). The second kappa shape index (κ2) is 6.05. The molecule has 0 radical (unpaired) electrons. The van der Waals surface area contributed by atoms with Gasteiger partial charge in [-0.3, -0.25) is 9.59 Å². The van der Waals surface area contributed by atoms with Gasteiger partial charge in [0.15, 0.2) is 5.78 Å². The molecule has 23 heavy (non-hydrogen) atoms. The van der Waals surface area contributed by atoms with E-state index >= 15 is 0 Å². The number of hydrogen-bond acceptors (Lipinski definition) is 4. The number of piperidine rings is 1. The number of aryl methyl sites for hydroxylation is 1. The molecule has 124 valence electrons. The van der Waals surface area contributed by atoms with Crippen molar-refractivity contribution in [3.63, 3.8) is 0 Å². The number of aliphatic carboxylic acids is 1. The molecule has 0 amide bonds. The van der Waals surface area contributed by atoms with Crippen molar-refractivity contribution in [2.24, 2.45) is 5.92 Å². The second-order valence-electron chi connectivity index (χ2n) is 6.11. The van der Waals surface area contributed by atoms with Gasteiger partial charge in [0.1, 0.15) is 0 Å². The summed E-state index contributed by atoms with van der Waals surface area (Å²) in [6.07, 6.45) is 2.64. The standard InChI is InChI=1S/C16H19NO5S/c18-15-3-1-2-12-10-13(4-5-14(12)15)23(21,22)17-8-6-11(7-9-17)16(19)20/h4-5,10-11H,1-3,6-9H2,(H,19,20). The smallest absolute Gasteiger partial charge is 0.306 e. The van der Waals surface area contributed by atoms with Gasteiger partial charge >= 0.3 is 5.97 Å². The molecule has 1 N–H and O–H groups in total. The highest BCUT2D eigenvalue weighted by Crippen LogP contribution is 2.28.